The zero-order valence-electron chi connectivity index (χ0n) is 15.4. The predicted molar refractivity (Wildman–Crippen MR) is 110 cm³/mol. The van der Waals surface area contributed by atoms with Gasteiger partial charge in [-0.05, 0) is 54.4 Å². The van der Waals surface area contributed by atoms with Gasteiger partial charge >= 0.3 is 0 Å². The monoisotopic (exact) mass is 360 g/mol. The Labute approximate surface area is 160 Å². The molecule has 138 valence electrons. The zero-order valence-corrected chi connectivity index (χ0v) is 15.4. The third kappa shape index (κ3) is 6.19. The van der Waals surface area contributed by atoms with Crippen LogP contribution in [0.2, 0.25) is 0 Å². The topological polar surface area (TPSA) is 50.4 Å². The summed E-state index contributed by atoms with van der Waals surface area (Å²) in [5, 5.41) is 6.00. The van der Waals surface area contributed by atoms with Crippen molar-refractivity contribution in [3.8, 4) is 5.75 Å². The number of amides is 1. The summed E-state index contributed by atoms with van der Waals surface area (Å²) in [5.74, 6) is 0.740. The first-order chi connectivity index (χ1) is 13.2. The van der Waals surface area contributed by atoms with Gasteiger partial charge in [-0.25, -0.2) is 0 Å². The highest BCUT2D eigenvalue weighted by Crippen LogP contribution is 2.16. The lowest BCUT2D eigenvalue weighted by Gasteiger charge is -2.10. The lowest BCUT2D eigenvalue weighted by molar-refractivity contribution is -0.114. The van der Waals surface area contributed by atoms with Crippen molar-refractivity contribution in [3.05, 3.63) is 90.0 Å². The van der Waals surface area contributed by atoms with Gasteiger partial charge in [0.05, 0.1) is 13.2 Å². The van der Waals surface area contributed by atoms with Gasteiger partial charge < -0.3 is 15.4 Å². The second kappa shape index (κ2) is 9.43. The molecule has 3 aromatic rings. The number of carbonyl (C=O) groups is 1. The van der Waals surface area contributed by atoms with Crippen molar-refractivity contribution in [3.63, 3.8) is 0 Å². The van der Waals surface area contributed by atoms with E-state index in [1.54, 1.807) is 0 Å². The van der Waals surface area contributed by atoms with Gasteiger partial charge in [-0.2, -0.15) is 0 Å². The number of rotatable bonds is 8. The molecular formula is C23H24N2O2. The van der Waals surface area contributed by atoms with Crippen LogP contribution in [0.4, 0.5) is 11.4 Å². The van der Waals surface area contributed by atoms with Gasteiger partial charge in [0.1, 0.15) is 5.75 Å². The Hall–Kier alpha value is -3.27. The minimum Gasteiger partial charge on any atom is -0.493 e. The van der Waals surface area contributed by atoms with Crippen LogP contribution in [0, 0.1) is 6.92 Å². The highest BCUT2D eigenvalue weighted by Gasteiger charge is 2.03. The van der Waals surface area contributed by atoms with Crippen molar-refractivity contribution >= 4 is 17.3 Å². The van der Waals surface area contributed by atoms with Crippen LogP contribution in [0.15, 0.2) is 78.9 Å². The molecule has 0 aliphatic heterocycles. The smallest absolute Gasteiger partial charge is 0.243 e. The van der Waals surface area contributed by atoms with Gasteiger partial charge in [-0.1, -0.05) is 42.5 Å². The van der Waals surface area contributed by atoms with Gasteiger partial charge in [0, 0.05) is 17.8 Å². The second-order valence-electron chi connectivity index (χ2n) is 6.38. The molecule has 3 aromatic carbocycles. The van der Waals surface area contributed by atoms with Crippen molar-refractivity contribution < 1.29 is 9.53 Å². The number of aryl methyl sites for hydroxylation is 1. The Morgan fingerprint density at radius 2 is 1.67 bits per heavy atom. The van der Waals surface area contributed by atoms with Gasteiger partial charge in [0.2, 0.25) is 5.91 Å². The molecule has 0 heterocycles. The molecule has 27 heavy (non-hydrogen) atoms. The van der Waals surface area contributed by atoms with E-state index >= 15 is 0 Å². The van der Waals surface area contributed by atoms with Crippen LogP contribution in [-0.2, 0) is 11.2 Å². The van der Waals surface area contributed by atoms with E-state index in [2.05, 4.69) is 22.8 Å². The molecule has 0 aromatic heterocycles. The molecule has 4 heteroatoms. The number of ether oxygens (including phenoxy) is 1. The Balaban J connectivity index is 1.41. The zero-order chi connectivity index (χ0) is 18.9. The molecule has 4 nitrogen and oxygen atoms in total. The molecule has 1 amide bonds. The van der Waals surface area contributed by atoms with E-state index < -0.39 is 0 Å². The van der Waals surface area contributed by atoms with Crippen molar-refractivity contribution in [2.45, 2.75) is 13.3 Å². The molecule has 2 N–H and O–H groups in total. The van der Waals surface area contributed by atoms with Crippen molar-refractivity contribution in [1.29, 1.82) is 0 Å². The maximum absolute atomic E-state index is 12.0. The van der Waals surface area contributed by atoms with Crippen LogP contribution in [0.5, 0.6) is 5.75 Å². The van der Waals surface area contributed by atoms with E-state index in [0.29, 0.717) is 6.61 Å². The summed E-state index contributed by atoms with van der Waals surface area (Å²) < 4.78 is 5.77. The summed E-state index contributed by atoms with van der Waals surface area (Å²) >= 11 is 0. The Bertz CT molecular complexity index is 861. The van der Waals surface area contributed by atoms with E-state index in [1.165, 1.54) is 5.56 Å². The highest BCUT2D eigenvalue weighted by molar-refractivity contribution is 5.93. The normalized spacial score (nSPS) is 10.3. The molecule has 0 saturated carbocycles. The van der Waals surface area contributed by atoms with E-state index in [1.807, 2.05) is 73.7 Å². The van der Waals surface area contributed by atoms with Crippen LogP contribution in [0.3, 0.4) is 0 Å². The van der Waals surface area contributed by atoms with Gasteiger partial charge in [-0.15, -0.1) is 0 Å². The molecule has 0 fully saturated rings. The SMILES string of the molecule is Cc1cccc(NC(=O)CNc2ccc(OCCc3ccccc3)cc2)c1. The average molecular weight is 360 g/mol. The summed E-state index contributed by atoms with van der Waals surface area (Å²) in [6.07, 6.45) is 0.875. The Morgan fingerprint density at radius 1 is 0.889 bits per heavy atom. The first kappa shape index (κ1) is 18.5. The number of nitrogens with one attached hydrogen (secondary N) is 2. The van der Waals surface area contributed by atoms with E-state index in [0.717, 1.165) is 29.1 Å². The number of anilines is 2. The van der Waals surface area contributed by atoms with Gasteiger partial charge in [-0.3, -0.25) is 4.79 Å². The number of benzene rings is 3. The van der Waals surface area contributed by atoms with Crippen LogP contribution >= 0.6 is 0 Å². The predicted octanol–water partition coefficient (Wildman–Crippen LogP) is 4.67. The fourth-order valence-corrected chi connectivity index (χ4v) is 2.71. The van der Waals surface area contributed by atoms with Crippen LogP contribution in [0.25, 0.3) is 0 Å². The second-order valence-corrected chi connectivity index (χ2v) is 6.38. The number of hydrogen-bond acceptors (Lipinski definition) is 3. The maximum Gasteiger partial charge on any atom is 0.243 e. The first-order valence-corrected chi connectivity index (χ1v) is 9.06. The molecule has 0 radical (unpaired) electrons. The number of carbonyl (C=O) groups excluding carboxylic acids is 1. The Kier molecular flexibility index (Phi) is 6.47. The van der Waals surface area contributed by atoms with Crippen LogP contribution in [-0.4, -0.2) is 19.1 Å². The van der Waals surface area contributed by atoms with E-state index in [4.69, 9.17) is 4.74 Å². The minimum atomic E-state index is -0.0798. The van der Waals surface area contributed by atoms with Crippen molar-refractivity contribution in [2.24, 2.45) is 0 Å². The molecular weight excluding hydrogens is 336 g/mol. The third-order valence-electron chi connectivity index (χ3n) is 4.11. The number of hydrogen-bond donors (Lipinski definition) is 2. The molecule has 0 atom stereocenters. The first-order valence-electron chi connectivity index (χ1n) is 9.06. The molecule has 0 aliphatic carbocycles. The largest absolute Gasteiger partial charge is 0.493 e. The van der Waals surface area contributed by atoms with Crippen molar-refractivity contribution in [2.75, 3.05) is 23.8 Å². The maximum atomic E-state index is 12.0. The fourth-order valence-electron chi connectivity index (χ4n) is 2.71. The third-order valence-corrected chi connectivity index (χ3v) is 4.11. The van der Waals surface area contributed by atoms with Crippen LogP contribution in [0.1, 0.15) is 11.1 Å². The van der Waals surface area contributed by atoms with Gasteiger partial charge in [0.25, 0.3) is 0 Å². The minimum absolute atomic E-state index is 0.0798. The van der Waals surface area contributed by atoms with E-state index in [9.17, 15) is 4.79 Å². The summed E-state index contributed by atoms with van der Waals surface area (Å²) in [4.78, 5) is 12.0. The standard InChI is InChI=1S/C23H24N2O2/c1-18-6-5-9-21(16-18)25-23(26)17-24-20-10-12-22(13-11-20)27-15-14-19-7-3-2-4-8-19/h2-13,16,24H,14-15,17H2,1H3,(H,25,26). The highest BCUT2D eigenvalue weighted by atomic mass is 16.5. The van der Waals surface area contributed by atoms with Gasteiger partial charge in [0.15, 0.2) is 0 Å². The molecule has 0 bridgehead atoms. The van der Waals surface area contributed by atoms with Crippen LogP contribution < -0.4 is 15.4 Å². The Morgan fingerprint density at radius 3 is 2.41 bits per heavy atom. The van der Waals surface area contributed by atoms with Crippen molar-refractivity contribution in [1.82, 2.24) is 0 Å². The summed E-state index contributed by atoms with van der Waals surface area (Å²) in [5.41, 5.74) is 4.06. The molecule has 3 rings (SSSR count). The molecule has 0 unspecified atom stereocenters. The molecule has 0 saturated heterocycles. The summed E-state index contributed by atoms with van der Waals surface area (Å²) in [6.45, 7) is 2.84. The lowest BCUT2D eigenvalue weighted by Crippen LogP contribution is -2.21. The lowest BCUT2D eigenvalue weighted by atomic mass is 10.2. The summed E-state index contributed by atoms with van der Waals surface area (Å²) in [7, 11) is 0. The molecule has 0 spiro atoms. The average Bonchev–Trinajstić information content (AvgIpc) is 2.68. The molecule has 0 aliphatic rings. The summed E-state index contributed by atoms with van der Waals surface area (Å²) in [6, 6.07) is 25.7. The fraction of sp³-hybridized carbons (Fsp3) is 0.174. The van der Waals surface area contributed by atoms with E-state index in [-0.39, 0.29) is 12.5 Å². The quantitative estimate of drug-likeness (QED) is 0.614.